The van der Waals surface area contributed by atoms with Crippen LogP contribution in [0.15, 0.2) is 33.9 Å². The zero-order chi connectivity index (χ0) is 25.8. The highest BCUT2D eigenvalue weighted by Gasteiger charge is 2.75. The van der Waals surface area contributed by atoms with Crippen LogP contribution in [0.3, 0.4) is 0 Å². The van der Waals surface area contributed by atoms with Gasteiger partial charge in [0.1, 0.15) is 24.8 Å². The maximum Gasteiger partial charge on any atom is 0.312 e. The molecule has 0 unspecified atom stereocenters. The largest absolute Gasteiger partial charge is 0.497 e. The summed E-state index contributed by atoms with van der Waals surface area (Å²) < 4.78 is 35.2. The van der Waals surface area contributed by atoms with Crippen LogP contribution in [0.4, 0.5) is 0 Å². The molecule has 6 atom stereocenters. The van der Waals surface area contributed by atoms with Crippen molar-refractivity contribution in [2.45, 2.75) is 57.7 Å². The molecule has 1 heterocycles. The molecule has 1 aromatic rings. The van der Waals surface area contributed by atoms with Crippen molar-refractivity contribution < 1.29 is 38.0 Å². The summed E-state index contributed by atoms with van der Waals surface area (Å²) in [6.07, 6.45) is 1.27. The van der Waals surface area contributed by atoms with E-state index in [0.29, 0.717) is 6.42 Å². The van der Waals surface area contributed by atoms with Crippen LogP contribution < -0.4 is 4.74 Å². The van der Waals surface area contributed by atoms with E-state index in [0.717, 1.165) is 21.2 Å². The highest BCUT2D eigenvalue weighted by molar-refractivity contribution is 14.1. The average Bonchev–Trinajstić information content (AvgIpc) is 3.08. The van der Waals surface area contributed by atoms with E-state index in [9.17, 15) is 9.59 Å². The monoisotopic (exact) mass is 602 g/mol. The summed E-state index contributed by atoms with van der Waals surface area (Å²) >= 11 is 2.19. The van der Waals surface area contributed by atoms with Gasteiger partial charge in [0.05, 0.1) is 19.6 Å². The second-order valence-corrected chi connectivity index (χ2v) is 11.3. The summed E-state index contributed by atoms with van der Waals surface area (Å²) in [6, 6.07) is 7.42. The first-order valence-corrected chi connectivity index (χ1v) is 12.6. The molecule has 0 spiro atoms. The summed E-state index contributed by atoms with van der Waals surface area (Å²) in [5.74, 6) is -0.596. The van der Waals surface area contributed by atoms with E-state index in [-0.39, 0.29) is 19.3 Å². The number of fused-ring (bicyclic) bond motifs is 1. The fourth-order valence-electron chi connectivity index (χ4n) is 5.50. The Labute approximate surface area is 220 Å². The van der Waals surface area contributed by atoms with Gasteiger partial charge in [0, 0.05) is 25.6 Å². The maximum atomic E-state index is 13.4. The highest BCUT2D eigenvalue weighted by atomic mass is 127. The molecule has 0 radical (unpaired) electrons. The van der Waals surface area contributed by atoms with Crippen molar-refractivity contribution in [2.75, 3.05) is 28.1 Å². The van der Waals surface area contributed by atoms with E-state index in [1.54, 1.807) is 14.2 Å². The number of benzene rings is 1. The molecule has 0 N–H and O–H groups in total. The van der Waals surface area contributed by atoms with Gasteiger partial charge in [0.2, 0.25) is 0 Å². The molecule has 1 saturated carbocycles. The molecule has 8 nitrogen and oxygen atoms in total. The van der Waals surface area contributed by atoms with Crippen LogP contribution in [0.5, 0.6) is 5.75 Å². The molecule has 1 saturated heterocycles. The lowest BCUT2D eigenvalue weighted by atomic mass is 9.48. The predicted octanol–water partition coefficient (Wildman–Crippen LogP) is 4.08. The average molecular weight is 602 g/mol. The highest BCUT2D eigenvalue weighted by Crippen LogP contribution is 2.65. The minimum absolute atomic E-state index is 0.00334. The molecule has 194 valence electrons. The van der Waals surface area contributed by atoms with Crippen molar-refractivity contribution in [3.05, 3.63) is 39.5 Å². The summed E-state index contributed by atoms with van der Waals surface area (Å²) in [5, 5.41) is 0. The predicted molar refractivity (Wildman–Crippen MR) is 137 cm³/mol. The fourth-order valence-corrected chi connectivity index (χ4v) is 5.85. The topological polar surface area (TPSA) is 89.5 Å². The van der Waals surface area contributed by atoms with Gasteiger partial charge in [0.15, 0.2) is 18.0 Å². The Kier molecular flexibility index (Phi) is 9.36. The molecule has 2 fully saturated rings. The first-order chi connectivity index (χ1) is 16.6. The van der Waals surface area contributed by atoms with Crippen molar-refractivity contribution in [1.29, 1.82) is 0 Å². The Morgan fingerprint density at radius 3 is 2.40 bits per heavy atom. The van der Waals surface area contributed by atoms with E-state index < -0.39 is 41.2 Å². The van der Waals surface area contributed by atoms with Crippen LogP contribution in [-0.2, 0) is 39.9 Å². The first-order valence-electron chi connectivity index (χ1n) is 11.5. The molecule has 1 aliphatic carbocycles. The van der Waals surface area contributed by atoms with Crippen LogP contribution in [0.25, 0.3) is 0 Å². The van der Waals surface area contributed by atoms with Gasteiger partial charge in [0.25, 0.3) is 0 Å². The number of methoxy groups -OCH3 is 3. The number of carbonyl (C=O) groups excluding carboxylic acids is 2. The molecule has 0 aromatic heterocycles. The molecule has 3 rings (SSSR count). The normalized spacial score (nSPS) is 27.9. The maximum absolute atomic E-state index is 13.4. The number of allylic oxidation sites excluding steroid dienone is 1. The van der Waals surface area contributed by atoms with Crippen LogP contribution >= 0.6 is 22.6 Å². The lowest BCUT2D eigenvalue weighted by Gasteiger charge is -2.59. The van der Waals surface area contributed by atoms with Gasteiger partial charge in [-0.15, -0.1) is 0 Å². The van der Waals surface area contributed by atoms with Crippen molar-refractivity contribution in [3.63, 3.8) is 0 Å². The van der Waals surface area contributed by atoms with E-state index in [4.69, 9.17) is 28.4 Å². The third-order valence-electron chi connectivity index (χ3n) is 7.17. The van der Waals surface area contributed by atoms with Crippen LogP contribution in [-0.4, -0.2) is 64.3 Å². The summed E-state index contributed by atoms with van der Waals surface area (Å²) in [6.45, 7) is 6.14. The number of halogens is 1. The Hall–Kier alpha value is -1.53. The van der Waals surface area contributed by atoms with Gasteiger partial charge in [-0.1, -0.05) is 26.0 Å². The summed E-state index contributed by atoms with van der Waals surface area (Å²) in [5.41, 5.74) is -0.678. The van der Waals surface area contributed by atoms with Gasteiger partial charge < -0.3 is 33.2 Å². The molecule has 1 aromatic carbocycles. The lowest BCUT2D eigenvalue weighted by Crippen LogP contribution is -2.69. The second-order valence-electron chi connectivity index (χ2n) is 9.64. The number of hydrogen-bond acceptors (Lipinski definition) is 8. The minimum atomic E-state index is -1.10. The number of esters is 1. The third kappa shape index (κ3) is 5.44. The van der Waals surface area contributed by atoms with Gasteiger partial charge in [-0.25, -0.2) is 0 Å². The van der Waals surface area contributed by atoms with Crippen molar-refractivity contribution >= 4 is 34.8 Å². The van der Waals surface area contributed by atoms with Crippen molar-refractivity contribution in [3.8, 4) is 5.75 Å². The molecule has 2 aliphatic rings. The number of carbonyl (C=O) groups is 2. The first kappa shape index (κ1) is 28.0. The second kappa shape index (κ2) is 11.7. The molecule has 0 amide bonds. The Morgan fingerprint density at radius 2 is 1.89 bits per heavy atom. The Morgan fingerprint density at radius 1 is 1.20 bits per heavy atom. The van der Waals surface area contributed by atoms with E-state index in [1.165, 1.54) is 7.11 Å². The van der Waals surface area contributed by atoms with Crippen LogP contribution in [0, 0.1) is 17.3 Å². The quantitative estimate of drug-likeness (QED) is 0.145. The van der Waals surface area contributed by atoms with E-state index in [1.807, 2.05) is 51.1 Å². The van der Waals surface area contributed by atoms with E-state index in [2.05, 4.69) is 22.6 Å². The number of hydrogen-bond donors (Lipinski definition) is 0. The van der Waals surface area contributed by atoms with Gasteiger partial charge in [-0.3, -0.25) is 4.79 Å². The summed E-state index contributed by atoms with van der Waals surface area (Å²) in [7, 11) is 4.71. The molecule has 1 aliphatic heterocycles. The zero-order valence-electron chi connectivity index (χ0n) is 21.1. The smallest absolute Gasteiger partial charge is 0.312 e. The minimum Gasteiger partial charge on any atom is -0.497 e. The molecular weight excluding hydrogens is 567 g/mol. The lowest BCUT2D eigenvalue weighted by molar-refractivity contribution is -0.246. The van der Waals surface area contributed by atoms with Gasteiger partial charge in [-0.05, 0) is 63.3 Å². The Bertz CT molecular complexity index is 910. The molecule has 0 bridgehead atoms. The number of ether oxygens (including phenoxy) is 6. The van der Waals surface area contributed by atoms with Crippen LogP contribution in [0.1, 0.15) is 32.8 Å². The van der Waals surface area contributed by atoms with Gasteiger partial charge in [-0.2, -0.15) is 0 Å². The third-order valence-corrected chi connectivity index (χ3v) is 7.53. The number of rotatable bonds is 13. The standard InChI is InChI=1S/C26H35IO8/c1-16(27)11-20(32-6)23(34-15-30-4)22-19-12-25(2,3)26(19,35-24(22)29)21(13-28)33-14-17-7-9-18(31-5)10-8-17/h7-11,13,19-23H,12,14-15H2,1-6H3/b16-11+/t19-,20-,21+,22+,23+,26-/m0/s1. The van der Waals surface area contributed by atoms with Crippen molar-refractivity contribution in [1.82, 2.24) is 0 Å². The molecular formula is C26H35IO8. The molecule has 35 heavy (non-hydrogen) atoms. The Balaban J connectivity index is 1.90. The fraction of sp³-hybridized carbons (Fsp3) is 0.615. The number of aldehydes is 1. The SMILES string of the molecule is COCO[C@@H]([C@@H]1C(=O)O[C@]2([C@@H](C=O)OCc3ccc(OC)cc3)[C@H]1CC2(C)C)[C@H](/C=C(\C)I)OC. The van der Waals surface area contributed by atoms with E-state index >= 15 is 0 Å². The zero-order valence-corrected chi connectivity index (χ0v) is 23.3. The summed E-state index contributed by atoms with van der Waals surface area (Å²) in [4.78, 5) is 25.8. The van der Waals surface area contributed by atoms with Crippen molar-refractivity contribution in [2.24, 2.45) is 17.3 Å². The van der Waals surface area contributed by atoms with Crippen LogP contribution in [0.2, 0.25) is 0 Å². The van der Waals surface area contributed by atoms with Gasteiger partial charge >= 0.3 is 5.97 Å². The molecule has 9 heteroatoms.